The molecule has 0 saturated carbocycles. The van der Waals surface area contributed by atoms with Crippen molar-refractivity contribution in [2.75, 3.05) is 19.1 Å². The van der Waals surface area contributed by atoms with Crippen LogP contribution in [0.5, 0.6) is 5.75 Å². The maximum Gasteiger partial charge on any atom is 0.147 e. The number of alkyl halides is 1. The Morgan fingerprint density at radius 3 is 2.71 bits per heavy atom. The standard InChI is InChI=1S/C14H19ClN2O3S/c1-10(15)14-16-12-6-5-11(20-2)9-13(12)17(14)7-4-8-21(3,18)19/h5-6,9-10H,4,7-8H2,1-3H3. The number of fused-ring (bicyclic) bond motifs is 1. The van der Waals surface area contributed by atoms with Gasteiger partial charge in [-0.15, -0.1) is 11.6 Å². The van der Waals surface area contributed by atoms with Gasteiger partial charge in [-0.2, -0.15) is 0 Å². The molecule has 0 saturated heterocycles. The van der Waals surface area contributed by atoms with Crippen LogP contribution in [0.25, 0.3) is 11.0 Å². The summed E-state index contributed by atoms with van der Waals surface area (Å²) in [6, 6.07) is 5.62. The van der Waals surface area contributed by atoms with E-state index in [1.54, 1.807) is 7.11 Å². The second kappa shape index (κ2) is 6.23. The summed E-state index contributed by atoms with van der Waals surface area (Å²) in [4.78, 5) is 4.53. The molecule has 21 heavy (non-hydrogen) atoms. The minimum atomic E-state index is -2.97. The quantitative estimate of drug-likeness (QED) is 0.764. The highest BCUT2D eigenvalue weighted by atomic mass is 35.5. The number of aryl methyl sites for hydroxylation is 1. The van der Waals surface area contributed by atoms with Gasteiger partial charge in [0, 0.05) is 18.9 Å². The van der Waals surface area contributed by atoms with Crippen LogP contribution in [0.4, 0.5) is 0 Å². The van der Waals surface area contributed by atoms with E-state index in [0.717, 1.165) is 22.6 Å². The zero-order valence-electron chi connectivity index (χ0n) is 12.3. The minimum absolute atomic E-state index is 0.146. The lowest BCUT2D eigenvalue weighted by molar-refractivity contribution is 0.415. The number of rotatable bonds is 6. The summed E-state index contributed by atoms with van der Waals surface area (Å²) in [7, 11) is -1.36. The van der Waals surface area contributed by atoms with Crippen LogP contribution in [0.1, 0.15) is 24.5 Å². The molecule has 0 N–H and O–H groups in total. The van der Waals surface area contributed by atoms with Gasteiger partial charge in [-0.25, -0.2) is 13.4 Å². The Morgan fingerprint density at radius 2 is 2.14 bits per heavy atom. The van der Waals surface area contributed by atoms with Gasteiger partial charge in [0.25, 0.3) is 0 Å². The van der Waals surface area contributed by atoms with E-state index in [2.05, 4.69) is 4.98 Å². The average molecular weight is 331 g/mol. The van der Waals surface area contributed by atoms with Crippen molar-refractivity contribution < 1.29 is 13.2 Å². The van der Waals surface area contributed by atoms with Crippen molar-refractivity contribution >= 4 is 32.5 Å². The largest absolute Gasteiger partial charge is 0.497 e. The second-order valence-electron chi connectivity index (χ2n) is 5.08. The van der Waals surface area contributed by atoms with Crippen LogP contribution >= 0.6 is 11.6 Å². The molecule has 0 spiro atoms. The average Bonchev–Trinajstić information content (AvgIpc) is 2.75. The molecule has 1 aromatic carbocycles. The highest BCUT2D eigenvalue weighted by Crippen LogP contribution is 2.27. The van der Waals surface area contributed by atoms with Crippen LogP contribution in [0, 0.1) is 0 Å². The first-order valence-electron chi connectivity index (χ1n) is 6.68. The fourth-order valence-electron chi connectivity index (χ4n) is 2.27. The Labute approximate surface area is 129 Å². The summed E-state index contributed by atoms with van der Waals surface area (Å²) < 4.78 is 29.8. The fourth-order valence-corrected chi connectivity index (χ4v) is 3.09. The number of nitrogens with zero attached hydrogens (tertiary/aromatic N) is 2. The SMILES string of the molecule is COc1ccc2nc(C(C)Cl)n(CCCS(C)(=O)=O)c2c1. The predicted octanol–water partition coefficient (Wildman–Crippen LogP) is 2.78. The summed E-state index contributed by atoms with van der Waals surface area (Å²) in [5.41, 5.74) is 1.74. The minimum Gasteiger partial charge on any atom is -0.497 e. The molecule has 7 heteroatoms. The lowest BCUT2D eigenvalue weighted by Gasteiger charge is -2.10. The first kappa shape index (κ1) is 16.1. The molecule has 2 aromatic rings. The van der Waals surface area contributed by atoms with Crippen LogP contribution < -0.4 is 4.74 Å². The van der Waals surface area contributed by atoms with Gasteiger partial charge in [-0.1, -0.05) is 0 Å². The Balaban J connectivity index is 2.39. The van der Waals surface area contributed by atoms with E-state index in [1.807, 2.05) is 29.7 Å². The van der Waals surface area contributed by atoms with E-state index in [1.165, 1.54) is 6.26 Å². The van der Waals surface area contributed by atoms with Gasteiger partial charge in [0.1, 0.15) is 21.4 Å². The second-order valence-corrected chi connectivity index (χ2v) is 7.99. The van der Waals surface area contributed by atoms with Crippen molar-refractivity contribution in [3.8, 4) is 5.75 Å². The van der Waals surface area contributed by atoms with E-state index < -0.39 is 9.84 Å². The third-order valence-electron chi connectivity index (χ3n) is 3.24. The molecule has 1 heterocycles. The monoisotopic (exact) mass is 330 g/mol. The number of imidazole rings is 1. The molecule has 0 aliphatic rings. The Kier molecular flexibility index (Phi) is 4.78. The summed E-state index contributed by atoms with van der Waals surface area (Å²) in [6.45, 7) is 2.41. The Morgan fingerprint density at radius 1 is 1.43 bits per heavy atom. The van der Waals surface area contributed by atoms with Crippen molar-refractivity contribution in [2.45, 2.75) is 25.3 Å². The van der Waals surface area contributed by atoms with E-state index in [-0.39, 0.29) is 11.1 Å². The first-order valence-corrected chi connectivity index (χ1v) is 9.17. The molecule has 0 amide bonds. The van der Waals surface area contributed by atoms with Crippen LogP contribution in [-0.2, 0) is 16.4 Å². The summed E-state index contributed by atoms with van der Waals surface area (Å²) in [5.74, 6) is 1.63. The van der Waals surface area contributed by atoms with Crippen LogP contribution in [-0.4, -0.2) is 37.1 Å². The van der Waals surface area contributed by atoms with Gasteiger partial charge in [-0.05, 0) is 25.5 Å². The zero-order valence-corrected chi connectivity index (χ0v) is 13.9. The van der Waals surface area contributed by atoms with Gasteiger partial charge < -0.3 is 9.30 Å². The molecular formula is C14H19ClN2O3S. The molecule has 0 aliphatic heterocycles. The number of sulfone groups is 1. The van der Waals surface area contributed by atoms with Gasteiger partial charge in [-0.3, -0.25) is 0 Å². The zero-order chi connectivity index (χ0) is 15.6. The number of ether oxygens (including phenoxy) is 1. The summed E-state index contributed by atoms with van der Waals surface area (Å²) >= 11 is 6.19. The molecule has 116 valence electrons. The first-order chi connectivity index (χ1) is 9.81. The Bertz CT molecular complexity index is 738. The number of methoxy groups -OCH3 is 1. The molecule has 0 radical (unpaired) electrons. The number of aromatic nitrogens is 2. The van der Waals surface area contributed by atoms with Crippen molar-refractivity contribution in [3.63, 3.8) is 0 Å². The Hall–Kier alpha value is -1.27. The van der Waals surface area contributed by atoms with Crippen molar-refractivity contribution in [1.82, 2.24) is 9.55 Å². The topological polar surface area (TPSA) is 61.2 Å². The normalized spacial score (nSPS) is 13.5. The van der Waals surface area contributed by atoms with Gasteiger partial charge in [0.05, 0.1) is 29.3 Å². The molecule has 1 aromatic heterocycles. The van der Waals surface area contributed by atoms with Crippen LogP contribution in [0.3, 0.4) is 0 Å². The van der Waals surface area contributed by atoms with Gasteiger partial charge >= 0.3 is 0 Å². The van der Waals surface area contributed by atoms with Crippen molar-refractivity contribution in [3.05, 3.63) is 24.0 Å². The lowest BCUT2D eigenvalue weighted by Crippen LogP contribution is -2.10. The van der Waals surface area contributed by atoms with E-state index in [9.17, 15) is 8.42 Å². The van der Waals surface area contributed by atoms with Crippen LogP contribution in [0.15, 0.2) is 18.2 Å². The highest BCUT2D eigenvalue weighted by Gasteiger charge is 2.16. The maximum absolute atomic E-state index is 11.3. The summed E-state index contributed by atoms with van der Waals surface area (Å²) in [6.07, 6.45) is 1.77. The van der Waals surface area contributed by atoms with Crippen molar-refractivity contribution in [2.24, 2.45) is 0 Å². The fraction of sp³-hybridized carbons (Fsp3) is 0.500. The predicted molar refractivity (Wildman–Crippen MR) is 84.9 cm³/mol. The lowest BCUT2D eigenvalue weighted by atomic mass is 10.3. The van der Waals surface area contributed by atoms with Crippen molar-refractivity contribution in [1.29, 1.82) is 0 Å². The molecule has 1 atom stereocenters. The molecule has 1 unspecified atom stereocenters. The molecule has 0 bridgehead atoms. The molecule has 0 aliphatic carbocycles. The third-order valence-corrected chi connectivity index (χ3v) is 4.46. The maximum atomic E-state index is 11.3. The van der Waals surface area contributed by atoms with E-state index in [0.29, 0.717) is 13.0 Å². The molecule has 5 nitrogen and oxygen atoms in total. The third kappa shape index (κ3) is 3.89. The highest BCUT2D eigenvalue weighted by molar-refractivity contribution is 7.90. The number of halogens is 1. The molecule has 0 fully saturated rings. The molecular weight excluding hydrogens is 312 g/mol. The number of hydrogen-bond acceptors (Lipinski definition) is 4. The van der Waals surface area contributed by atoms with Gasteiger partial charge in [0.15, 0.2) is 0 Å². The van der Waals surface area contributed by atoms with E-state index in [4.69, 9.17) is 16.3 Å². The molecule has 2 rings (SSSR count). The number of benzene rings is 1. The van der Waals surface area contributed by atoms with Crippen LogP contribution in [0.2, 0.25) is 0 Å². The number of hydrogen-bond donors (Lipinski definition) is 0. The van der Waals surface area contributed by atoms with E-state index >= 15 is 0 Å². The smallest absolute Gasteiger partial charge is 0.147 e. The summed E-state index contributed by atoms with van der Waals surface area (Å²) in [5, 5.41) is -0.248. The van der Waals surface area contributed by atoms with Gasteiger partial charge in [0.2, 0.25) is 0 Å².